The van der Waals surface area contributed by atoms with Crippen molar-refractivity contribution in [3.05, 3.63) is 23.8 Å². The fourth-order valence-electron chi connectivity index (χ4n) is 6.71. The van der Waals surface area contributed by atoms with Crippen molar-refractivity contribution in [3.8, 4) is 0 Å². The smallest absolute Gasteiger partial charge is 0.226 e. The molecule has 158 valence electrons. The molecule has 0 amide bonds. The monoisotopic (exact) mass is 410 g/mol. The molecular weight excluding hydrogens is 372 g/mol. The Kier molecular flexibility index (Phi) is 2.42. The van der Waals surface area contributed by atoms with E-state index in [0.717, 1.165) is 6.08 Å². The van der Waals surface area contributed by atoms with E-state index >= 15 is 0 Å². The molecule has 29 heavy (non-hydrogen) atoms. The Morgan fingerprint density at radius 1 is 1.28 bits per heavy atom. The highest BCUT2D eigenvalue weighted by molar-refractivity contribution is 6.01. The van der Waals surface area contributed by atoms with Crippen LogP contribution in [0.25, 0.3) is 0 Å². The fraction of sp³-hybridized carbons (Fsp3) is 0.783. The lowest BCUT2D eigenvalue weighted by atomic mass is 9.46. The molecule has 6 aliphatic rings. The summed E-state index contributed by atoms with van der Waals surface area (Å²) in [5, 5.41) is 12.0. The van der Waals surface area contributed by atoms with Crippen LogP contribution < -0.4 is 0 Å². The standard InChI is InChI=1S/C23H30O6/c1-20-7-5-15(24)9-14(20)3-4-16-17-6-8-22(21(17,2)10-18(25)19(16)20)23(29-13-27-22)11-26-12-28-23/h5,7,9,16-19,25H,3-4,6,8,10-13H2,1-2H3/t16-,17-,18-,19+,20-,21-,22+,23?/m0/s1/i3D2,5D,9D,10D2,18D,19D. The average Bonchev–Trinajstić information content (AvgIpc) is 3.49. The van der Waals surface area contributed by atoms with Gasteiger partial charge in [-0.15, -0.1) is 0 Å². The zero-order valence-corrected chi connectivity index (χ0v) is 16.5. The van der Waals surface area contributed by atoms with Crippen LogP contribution in [-0.2, 0) is 23.7 Å². The van der Waals surface area contributed by atoms with Gasteiger partial charge in [-0.2, -0.15) is 0 Å². The molecule has 2 aliphatic heterocycles. The van der Waals surface area contributed by atoms with Crippen molar-refractivity contribution < 1.29 is 39.8 Å². The molecule has 6 nitrogen and oxygen atoms in total. The Hall–Kier alpha value is -1.05. The molecule has 0 bridgehead atoms. The fourth-order valence-corrected chi connectivity index (χ4v) is 6.71. The number of carbonyl (C=O) groups is 1. The number of rotatable bonds is 0. The van der Waals surface area contributed by atoms with E-state index in [2.05, 4.69) is 0 Å². The second-order valence-electron chi connectivity index (χ2n) is 9.14. The van der Waals surface area contributed by atoms with Crippen LogP contribution in [0.2, 0.25) is 0 Å². The molecule has 1 N–H and O–H groups in total. The van der Waals surface area contributed by atoms with Gasteiger partial charge in [-0.1, -0.05) is 25.5 Å². The zero-order valence-electron chi connectivity index (χ0n) is 24.5. The number of allylic oxidation sites excluding steroid dienone is 4. The summed E-state index contributed by atoms with van der Waals surface area (Å²) >= 11 is 0. The van der Waals surface area contributed by atoms with E-state index in [1.54, 1.807) is 6.92 Å². The summed E-state index contributed by atoms with van der Waals surface area (Å²) in [6, 6.07) is -1.42. The molecule has 0 radical (unpaired) electrons. The maximum absolute atomic E-state index is 12.5. The van der Waals surface area contributed by atoms with Gasteiger partial charge < -0.3 is 24.1 Å². The van der Waals surface area contributed by atoms with E-state index < -0.39 is 88.7 Å². The second-order valence-corrected chi connectivity index (χ2v) is 9.14. The molecule has 2 heterocycles. The van der Waals surface area contributed by atoms with E-state index in [1.807, 2.05) is 0 Å². The third-order valence-corrected chi connectivity index (χ3v) is 8.07. The van der Waals surface area contributed by atoms with E-state index in [0.29, 0.717) is 0 Å². The lowest BCUT2D eigenvalue weighted by Crippen LogP contribution is -2.66. The topological polar surface area (TPSA) is 74.2 Å². The first-order valence-corrected chi connectivity index (χ1v) is 10.1. The van der Waals surface area contributed by atoms with Crippen molar-refractivity contribution >= 4 is 5.78 Å². The van der Waals surface area contributed by atoms with Crippen LogP contribution in [0.3, 0.4) is 0 Å². The molecule has 2 saturated heterocycles. The van der Waals surface area contributed by atoms with Gasteiger partial charge >= 0.3 is 0 Å². The quantitative estimate of drug-likeness (QED) is 0.662. The largest absolute Gasteiger partial charge is 0.393 e. The predicted molar refractivity (Wildman–Crippen MR) is 102 cm³/mol. The van der Waals surface area contributed by atoms with E-state index in [4.69, 9.17) is 24.4 Å². The van der Waals surface area contributed by atoms with Gasteiger partial charge in [0.05, 0.1) is 10.2 Å². The van der Waals surface area contributed by atoms with E-state index in [9.17, 15) is 15.4 Å². The summed E-state index contributed by atoms with van der Waals surface area (Å²) in [5.41, 5.74) is -5.56. The summed E-state index contributed by atoms with van der Waals surface area (Å²) in [7, 11) is 0. The Morgan fingerprint density at radius 2 is 2.10 bits per heavy atom. The molecule has 0 aromatic carbocycles. The molecule has 3 saturated carbocycles. The summed E-state index contributed by atoms with van der Waals surface area (Å²) in [6.07, 6.45) is -7.27. The first kappa shape index (κ1) is 12.1. The van der Waals surface area contributed by atoms with Crippen LogP contribution in [0.15, 0.2) is 23.8 Å². The molecule has 0 aromatic rings. The average molecular weight is 411 g/mol. The van der Waals surface area contributed by atoms with Gasteiger partial charge in [0.1, 0.15) is 12.2 Å². The highest BCUT2D eigenvalue weighted by Gasteiger charge is 2.76. The first-order valence-electron chi connectivity index (χ1n) is 14.1. The minimum Gasteiger partial charge on any atom is -0.393 e. The molecule has 2 spiro atoms. The molecule has 6 heteroatoms. The summed E-state index contributed by atoms with van der Waals surface area (Å²) in [6.45, 7) is 2.49. The molecule has 4 aliphatic carbocycles. The van der Waals surface area contributed by atoms with E-state index in [-0.39, 0.29) is 33.0 Å². The Balaban J connectivity index is 1.63. The van der Waals surface area contributed by atoms with Crippen molar-refractivity contribution in [1.82, 2.24) is 0 Å². The van der Waals surface area contributed by atoms with Gasteiger partial charge in [0.25, 0.3) is 0 Å². The Labute approximate surface area is 182 Å². The van der Waals surface area contributed by atoms with Crippen molar-refractivity contribution in [2.45, 2.75) is 63.3 Å². The molecular formula is C23H30O6. The maximum atomic E-state index is 12.5. The summed E-state index contributed by atoms with van der Waals surface area (Å²) in [5.74, 6) is -6.85. The van der Waals surface area contributed by atoms with Gasteiger partial charge in [0, 0.05) is 23.6 Å². The summed E-state index contributed by atoms with van der Waals surface area (Å²) in [4.78, 5) is 12.5. The SMILES string of the molecule is [2H]C1=C[C@@]2(C)C(=C([2H])C1=O)C([2H])([2H])C[C@H]1[C@@H]3CC[C@@]4(OCOC45COCO5)[C@@]3(C)C([2H])([2H])[C@]([2H])(O)[C@@]12[2H]. The van der Waals surface area contributed by atoms with Gasteiger partial charge in [0.15, 0.2) is 19.4 Å². The maximum Gasteiger partial charge on any atom is 0.226 e. The summed E-state index contributed by atoms with van der Waals surface area (Å²) < 4.78 is 95.4. The zero-order chi connectivity index (χ0) is 27.2. The van der Waals surface area contributed by atoms with E-state index in [1.165, 1.54) is 6.92 Å². The second kappa shape index (κ2) is 5.80. The van der Waals surface area contributed by atoms with Gasteiger partial charge in [-0.3, -0.25) is 4.79 Å². The third-order valence-electron chi connectivity index (χ3n) is 8.07. The van der Waals surface area contributed by atoms with Crippen LogP contribution in [-0.4, -0.2) is 48.6 Å². The van der Waals surface area contributed by atoms with Crippen molar-refractivity contribution in [1.29, 1.82) is 0 Å². The van der Waals surface area contributed by atoms with Crippen LogP contribution in [0.4, 0.5) is 0 Å². The molecule has 0 aromatic heterocycles. The predicted octanol–water partition coefficient (Wildman–Crippen LogP) is 2.71. The minimum absolute atomic E-state index is 0.0564. The molecule has 1 unspecified atom stereocenters. The lowest BCUT2D eigenvalue weighted by Gasteiger charge is -2.60. The van der Waals surface area contributed by atoms with Crippen LogP contribution in [0.1, 0.15) is 56.8 Å². The highest BCUT2D eigenvalue weighted by atomic mass is 16.9. The molecule has 5 fully saturated rings. The highest BCUT2D eigenvalue weighted by Crippen LogP contribution is 2.71. The lowest BCUT2D eigenvalue weighted by molar-refractivity contribution is -0.256. The van der Waals surface area contributed by atoms with Crippen LogP contribution in [0.5, 0.6) is 0 Å². The number of hydrogen-bond acceptors (Lipinski definition) is 6. The number of ether oxygens (including phenoxy) is 4. The number of carbonyl (C=O) groups excluding carboxylic acids is 1. The number of fused-ring (bicyclic) bond motifs is 7. The first-order chi connectivity index (χ1) is 16.9. The Bertz CT molecular complexity index is 1160. The van der Waals surface area contributed by atoms with Crippen molar-refractivity contribution in [2.75, 3.05) is 20.2 Å². The van der Waals surface area contributed by atoms with Crippen molar-refractivity contribution in [3.63, 3.8) is 0 Å². The molecule has 8 atom stereocenters. The number of ketones is 1. The number of hydrogen-bond donors (Lipinski definition) is 1. The van der Waals surface area contributed by atoms with Crippen LogP contribution >= 0.6 is 0 Å². The minimum atomic E-state index is -3.20. The van der Waals surface area contributed by atoms with Crippen molar-refractivity contribution in [2.24, 2.45) is 28.6 Å². The number of aliphatic hydroxyl groups is 1. The Morgan fingerprint density at radius 3 is 2.90 bits per heavy atom. The normalized spacial score (nSPS) is 69.1. The molecule has 6 rings (SSSR count). The third kappa shape index (κ3) is 2.07. The van der Waals surface area contributed by atoms with Gasteiger partial charge in [-0.05, 0) is 55.9 Å². The van der Waals surface area contributed by atoms with Gasteiger partial charge in [-0.25, -0.2) is 0 Å². The van der Waals surface area contributed by atoms with Gasteiger partial charge in [0.2, 0.25) is 5.79 Å². The van der Waals surface area contributed by atoms with Crippen LogP contribution in [0, 0.1) is 28.6 Å².